The van der Waals surface area contributed by atoms with E-state index in [0.717, 1.165) is 23.8 Å². The zero-order chi connectivity index (χ0) is 14.6. The Hall–Kier alpha value is -0.700. The molecule has 1 saturated heterocycles. The Labute approximate surface area is 123 Å². The molecular formula is C12H22N4O3S. The van der Waals surface area contributed by atoms with E-state index in [4.69, 9.17) is 14.2 Å². The molecule has 0 amide bonds. The van der Waals surface area contributed by atoms with E-state index in [1.54, 1.807) is 30.7 Å². The van der Waals surface area contributed by atoms with E-state index in [1.807, 2.05) is 0 Å². The average molecular weight is 302 g/mol. The van der Waals surface area contributed by atoms with Crippen molar-refractivity contribution in [2.24, 2.45) is 0 Å². The molecule has 1 aromatic heterocycles. The second kappa shape index (κ2) is 6.84. The summed E-state index contributed by atoms with van der Waals surface area (Å²) in [7, 11) is 3.19. The number of nitrogens with zero attached hydrogens (tertiary/aromatic N) is 4. The van der Waals surface area contributed by atoms with Gasteiger partial charge in [0, 0.05) is 20.0 Å². The van der Waals surface area contributed by atoms with Crippen molar-refractivity contribution in [1.29, 1.82) is 0 Å². The lowest BCUT2D eigenvalue weighted by Gasteiger charge is -2.19. The third kappa shape index (κ3) is 4.15. The van der Waals surface area contributed by atoms with Gasteiger partial charge >= 0.3 is 0 Å². The smallest absolute Gasteiger partial charge is 0.209 e. The van der Waals surface area contributed by atoms with E-state index in [1.165, 1.54) is 0 Å². The molecule has 2 heterocycles. The van der Waals surface area contributed by atoms with Crippen molar-refractivity contribution in [2.75, 3.05) is 20.0 Å². The lowest BCUT2D eigenvalue weighted by Crippen LogP contribution is -2.23. The first-order valence-electron chi connectivity index (χ1n) is 6.66. The first-order chi connectivity index (χ1) is 9.54. The highest BCUT2D eigenvalue weighted by Crippen LogP contribution is 2.32. The van der Waals surface area contributed by atoms with Crippen LogP contribution in [-0.4, -0.2) is 58.2 Å². The van der Waals surface area contributed by atoms with Gasteiger partial charge in [-0.05, 0) is 37.1 Å². The summed E-state index contributed by atoms with van der Waals surface area (Å²) in [5.74, 6) is 0.856. The molecule has 8 heteroatoms. The van der Waals surface area contributed by atoms with E-state index in [0.29, 0.717) is 6.54 Å². The Morgan fingerprint density at radius 3 is 2.80 bits per heavy atom. The van der Waals surface area contributed by atoms with Crippen molar-refractivity contribution >= 4 is 11.8 Å². The highest BCUT2D eigenvalue weighted by atomic mass is 32.2. The summed E-state index contributed by atoms with van der Waals surface area (Å²) < 4.78 is 18.0. The summed E-state index contributed by atoms with van der Waals surface area (Å²) in [6.07, 6.45) is 2.10. The molecule has 2 rings (SSSR count). The standard InChI is InChI=1S/C12H22N4O3S/c1-12(2)6-5-9(19-12)8-20-11-13-14-15-16(11)7-10(17-3)18-4/h9-10H,5-8H2,1-4H3. The van der Waals surface area contributed by atoms with Gasteiger partial charge in [-0.2, -0.15) is 0 Å². The number of ether oxygens (including phenoxy) is 3. The normalized spacial score (nSPS) is 21.8. The van der Waals surface area contributed by atoms with Crippen LogP contribution in [0.4, 0.5) is 0 Å². The topological polar surface area (TPSA) is 71.3 Å². The van der Waals surface area contributed by atoms with Crippen LogP contribution >= 0.6 is 11.8 Å². The van der Waals surface area contributed by atoms with Crippen LogP contribution in [0.1, 0.15) is 26.7 Å². The molecular weight excluding hydrogens is 280 g/mol. The summed E-state index contributed by atoms with van der Waals surface area (Å²) in [6.45, 7) is 4.73. The zero-order valence-corrected chi connectivity index (χ0v) is 13.2. The van der Waals surface area contributed by atoms with Gasteiger partial charge < -0.3 is 14.2 Å². The van der Waals surface area contributed by atoms with Gasteiger partial charge in [0.1, 0.15) is 0 Å². The van der Waals surface area contributed by atoms with E-state index in [9.17, 15) is 0 Å². The third-order valence-corrected chi connectivity index (χ3v) is 4.39. The summed E-state index contributed by atoms with van der Waals surface area (Å²) in [5, 5.41) is 12.5. The highest BCUT2D eigenvalue weighted by Gasteiger charge is 2.31. The van der Waals surface area contributed by atoms with E-state index in [2.05, 4.69) is 29.4 Å². The Morgan fingerprint density at radius 2 is 2.20 bits per heavy atom. The number of hydrogen-bond acceptors (Lipinski definition) is 7. The summed E-state index contributed by atoms with van der Waals surface area (Å²) in [4.78, 5) is 0. The van der Waals surface area contributed by atoms with Gasteiger partial charge in [0.05, 0.1) is 18.2 Å². The van der Waals surface area contributed by atoms with Crippen molar-refractivity contribution in [2.45, 2.75) is 56.4 Å². The number of hydrogen-bond donors (Lipinski definition) is 0. The number of tetrazole rings is 1. The largest absolute Gasteiger partial charge is 0.371 e. The fraction of sp³-hybridized carbons (Fsp3) is 0.917. The van der Waals surface area contributed by atoms with Crippen LogP contribution in [0.2, 0.25) is 0 Å². The molecule has 114 valence electrons. The molecule has 0 aliphatic carbocycles. The minimum absolute atomic E-state index is 0.00561. The Balaban J connectivity index is 1.86. The quantitative estimate of drug-likeness (QED) is 0.556. The van der Waals surface area contributed by atoms with Crippen molar-refractivity contribution in [3.05, 3.63) is 0 Å². The summed E-state index contributed by atoms with van der Waals surface area (Å²) in [5.41, 5.74) is -0.00561. The minimum Gasteiger partial charge on any atom is -0.371 e. The van der Waals surface area contributed by atoms with Crippen molar-refractivity contribution < 1.29 is 14.2 Å². The van der Waals surface area contributed by atoms with Gasteiger partial charge in [0.25, 0.3) is 0 Å². The third-order valence-electron chi connectivity index (χ3n) is 3.30. The maximum Gasteiger partial charge on any atom is 0.209 e. The van der Waals surface area contributed by atoms with Crippen LogP contribution in [0.15, 0.2) is 5.16 Å². The molecule has 0 spiro atoms. The molecule has 0 aromatic carbocycles. The van der Waals surface area contributed by atoms with Crippen LogP contribution in [-0.2, 0) is 20.8 Å². The molecule has 1 unspecified atom stereocenters. The Kier molecular flexibility index (Phi) is 5.36. The van der Waals surface area contributed by atoms with Crippen LogP contribution in [0.25, 0.3) is 0 Å². The maximum absolute atomic E-state index is 5.96. The second-order valence-corrected chi connectivity index (χ2v) is 6.38. The minimum atomic E-state index is -0.348. The highest BCUT2D eigenvalue weighted by molar-refractivity contribution is 7.99. The molecule has 1 fully saturated rings. The molecule has 0 N–H and O–H groups in total. The van der Waals surface area contributed by atoms with Crippen LogP contribution < -0.4 is 0 Å². The van der Waals surface area contributed by atoms with Crippen LogP contribution in [0.3, 0.4) is 0 Å². The summed E-state index contributed by atoms with van der Waals surface area (Å²) in [6, 6.07) is 0. The summed E-state index contributed by atoms with van der Waals surface area (Å²) >= 11 is 1.61. The SMILES string of the molecule is COC(Cn1nnnc1SCC1CCC(C)(C)O1)OC. The van der Waals surface area contributed by atoms with E-state index in [-0.39, 0.29) is 18.0 Å². The van der Waals surface area contributed by atoms with E-state index < -0.39 is 0 Å². The van der Waals surface area contributed by atoms with Crippen molar-refractivity contribution in [3.63, 3.8) is 0 Å². The molecule has 1 atom stereocenters. The zero-order valence-electron chi connectivity index (χ0n) is 12.4. The van der Waals surface area contributed by atoms with Crippen molar-refractivity contribution in [3.8, 4) is 0 Å². The molecule has 0 saturated carbocycles. The predicted octanol–water partition coefficient (Wildman–Crippen LogP) is 1.34. The van der Waals surface area contributed by atoms with Crippen LogP contribution in [0, 0.1) is 0 Å². The average Bonchev–Trinajstić information content (AvgIpc) is 2.99. The van der Waals surface area contributed by atoms with Crippen LogP contribution in [0.5, 0.6) is 0 Å². The van der Waals surface area contributed by atoms with Gasteiger partial charge in [-0.3, -0.25) is 0 Å². The van der Waals surface area contributed by atoms with Gasteiger partial charge in [-0.25, -0.2) is 4.68 Å². The van der Waals surface area contributed by atoms with Gasteiger partial charge in [0.2, 0.25) is 5.16 Å². The van der Waals surface area contributed by atoms with Crippen molar-refractivity contribution in [1.82, 2.24) is 20.2 Å². The lowest BCUT2D eigenvalue weighted by molar-refractivity contribution is -0.113. The maximum atomic E-state index is 5.96. The molecule has 1 aliphatic heterocycles. The van der Waals surface area contributed by atoms with Gasteiger partial charge in [0.15, 0.2) is 6.29 Å². The van der Waals surface area contributed by atoms with E-state index >= 15 is 0 Å². The number of aromatic nitrogens is 4. The molecule has 0 radical (unpaired) electrons. The Morgan fingerprint density at radius 1 is 1.45 bits per heavy atom. The molecule has 20 heavy (non-hydrogen) atoms. The molecule has 1 aromatic rings. The second-order valence-electron chi connectivity index (χ2n) is 5.39. The number of rotatable bonds is 7. The molecule has 0 bridgehead atoms. The Bertz CT molecular complexity index is 423. The monoisotopic (exact) mass is 302 g/mol. The fourth-order valence-corrected chi connectivity index (χ4v) is 3.09. The fourth-order valence-electron chi connectivity index (χ4n) is 2.16. The number of methoxy groups -OCH3 is 2. The first kappa shape index (κ1) is 15.7. The number of thioether (sulfide) groups is 1. The molecule has 1 aliphatic rings. The predicted molar refractivity (Wildman–Crippen MR) is 74.5 cm³/mol. The molecule has 7 nitrogen and oxygen atoms in total. The lowest BCUT2D eigenvalue weighted by atomic mass is 10.1. The van der Waals surface area contributed by atoms with Gasteiger partial charge in [-0.1, -0.05) is 11.8 Å². The van der Waals surface area contributed by atoms with Gasteiger partial charge in [-0.15, -0.1) is 5.10 Å². The first-order valence-corrected chi connectivity index (χ1v) is 7.65.